The molecule has 8 N–H and O–H groups in total. The maximum absolute atomic E-state index is 9.12. The Bertz CT molecular complexity index is 705. The first-order valence-corrected chi connectivity index (χ1v) is 13.7. The number of hydrogen-bond donors (Lipinski definition) is 7. The zero-order chi connectivity index (χ0) is 26.7. The van der Waals surface area contributed by atoms with E-state index < -0.39 is 0 Å². The van der Waals surface area contributed by atoms with Gasteiger partial charge in [-0.3, -0.25) is 9.80 Å². The van der Waals surface area contributed by atoms with Crippen LogP contribution in [0.25, 0.3) is 0 Å². The molecule has 0 spiro atoms. The Morgan fingerprint density at radius 3 is 1.73 bits per heavy atom. The number of hydrogen-bond acceptors (Lipinski definition) is 12. The van der Waals surface area contributed by atoms with Crippen molar-refractivity contribution in [3.05, 3.63) is 12.3 Å². The molecular formula is C25H50N8O4. The molecule has 0 aromatic carbocycles. The molecule has 12 nitrogen and oxygen atoms in total. The minimum Gasteiger partial charge on any atom is -0.397 e. The number of nitrogens with one attached hydrogen (secondary N) is 2. The van der Waals surface area contributed by atoms with Crippen molar-refractivity contribution in [2.75, 3.05) is 134 Å². The summed E-state index contributed by atoms with van der Waals surface area (Å²) >= 11 is 0. The zero-order valence-corrected chi connectivity index (χ0v) is 22.4. The summed E-state index contributed by atoms with van der Waals surface area (Å²) in [7, 11) is 0. The molecule has 0 radical (unpaired) electrons. The lowest BCUT2D eigenvalue weighted by Gasteiger charge is -2.38. The van der Waals surface area contributed by atoms with Crippen LogP contribution in [-0.2, 0) is 0 Å². The van der Waals surface area contributed by atoms with Crippen molar-refractivity contribution in [2.45, 2.75) is 12.8 Å². The van der Waals surface area contributed by atoms with Gasteiger partial charge >= 0.3 is 0 Å². The highest BCUT2D eigenvalue weighted by molar-refractivity contribution is 5.72. The standard InChI is InChI=1S/C25H50N8O4/c26-23-21-24-25(29-22-23)33(10-6-28-4-2-8-31(15-19-36)16-20-37)12-11-32(24)9-5-27-3-1-7-30(13-17-34)14-18-35/h21-22,27-28,34-37H,1-20,26H2. The summed E-state index contributed by atoms with van der Waals surface area (Å²) in [6, 6.07) is 2.01. The van der Waals surface area contributed by atoms with E-state index in [0.717, 1.165) is 89.8 Å². The van der Waals surface area contributed by atoms with Gasteiger partial charge in [0.05, 0.1) is 44.0 Å². The van der Waals surface area contributed by atoms with E-state index in [4.69, 9.17) is 26.2 Å². The summed E-state index contributed by atoms with van der Waals surface area (Å²) in [5.41, 5.74) is 7.82. The maximum Gasteiger partial charge on any atom is 0.152 e. The van der Waals surface area contributed by atoms with Crippen LogP contribution in [0.2, 0.25) is 0 Å². The van der Waals surface area contributed by atoms with Gasteiger partial charge in [-0.15, -0.1) is 0 Å². The van der Waals surface area contributed by atoms with Gasteiger partial charge in [-0.2, -0.15) is 0 Å². The molecule has 1 aromatic rings. The lowest BCUT2D eigenvalue weighted by Crippen LogP contribution is -2.46. The van der Waals surface area contributed by atoms with E-state index in [9.17, 15) is 0 Å². The number of aliphatic hydroxyl groups is 4. The first-order chi connectivity index (χ1) is 18.1. The molecule has 0 fully saturated rings. The van der Waals surface area contributed by atoms with Crippen molar-refractivity contribution in [2.24, 2.45) is 0 Å². The first kappa shape index (κ1) is 31.4. The maximum atomic E-state index is 9.12. The SMILES string of the molecule is Nc1cnc2c(c1)N(CCNCCCN(CCO)CCO)CCN2CCNCCCN(CCO)CCO. The van der Waals surface area contributed by atoms with Crippen molar-refractivity contribution < 1.29 is 20.4 Å². The summed E-state index contributed by atoms with van der Waals surface area (Å²) < 4.78 is 0. The second kappa shape index (κ2) is 19.3. The van der Waals surface area contributed by atoms with Gasteiger partial charge in [-0.05, 0) is 45.1 Å². The molecule has 2 rings (SSSR count). The Labute approximate surface area is 222 Å². The summed E-state index contributed by atoms with van der Waals surface area (Å²) in [5.74, 6) is 0.975. The van der Waals surface area contributed by atoms with Crippen molar-refractivity contribution in [3.8, 4) is 0 Å². The Morgan fingerprint density at radius 1 is 0.730 bits per heavy atom. The topological polar surface area (TPSA) is 157 Å². The van der Waals surface area contributed by atoms with Crippen LogP contribution in [0, 0.1) is 0 Å². The number of nitrogens with zero attached hydrogens (tertiary/aromatic N) is 5. The molecule has 0 bridgehead atoms. The van der Waals surface area contributed by atoms with Crippen LogP contribution in [0.15, 0.2) is 12.3 Å². The van der Waals surface area contributed by atoms with Gasteiger partial charge in [0.15, 0.2) is 5.82 Å². The van der Waals surface area contributed by atoms with Crippen molar-refractivity contribution >= 4 is 17.2 Å². The quantitative estimate of drug-likeness (QED) is 0.0821. The van der Waals surface area contributed by atoms with E-state index in [-0.39, 0.29) is 26.4 Å². The van der Waals surface area contributed by atoms with Crippen LogP contribution in [0.3, 0.4) is 0 Å². The second-order valence-corrected chi connectivity index (χ2v) is 9.37. The molecule has 1 aromatic heterocycles. The first-order valence-electron chi connectivity index (χ1n) is 13.7. The molecule has 0 unspecified atom stereocenters. The number of pyridine rings is 1. The van der Waals surface area contributed by atoms with Crippen LogP contribution in [0.1, 0.15) is 12.8 Å². The second-order valence-electron chi connectivity index (χ2n) is 9.37. The molecular weight excluding hydrogens is 476 g/mol. The van der Waals surface area contributed by atoms with Crippen molar-refractivity contribution in [1.82, 2.24) is 25.4 Å². The van der Waals surface area contributed by atoms with E-state index in [1.807, 2.05) is 6.07 Å². The average Bonchev–Trinajstić information content (AvgIpc) is 2.89. The average molecular weight is 527 g/mol. The Morgan fingerprint density at radius 2 is 1.22 bits per heavy atom. The summed E-state index contributed by atoms with van der Waals surface area (Å²) in [5, 5.41) is 43.5. The molecule has 0 aliphatic carbocycles. The van der Waals surface area contributed by atoms with Gasteiger partial charge in [0.25, 0.3) is 0 Å². The molecule has 214 valence electrons. The Balaban J connectivity index is 1.72. The molecule has 0 amide bonds. The molecule has 2 heterocycles. The van der Waals surface area contributed by atoms with Crippen molar-refractivity contribution in [1.29, 1.82) is 0 Å². The van der Waals surface area contributed by atoms with Crippen LogP contribution in [0.5, 0.6) is 0 Å². The van der Waals surface area contributed by atoms with Crippen LogP contribution in [0.4, 0.5) is 17.2 Å². The third-order valence-electron chi connectivity index (χ3n) is 6.59. The van der Waals surface area contributed by atoms with Crippen molar-refractivity contribution in [3.63, 3.8) is 0 Å². The summed E-state index contributed by atoms with van der Waals surface area (Å²) in [4.78, 5) is 13.5. The minimum absolute atomic E-state index is 0.113. The monoisotopic (exact) mass is 526 g/mol. The molecule has 0 saturated heterocycles. The molecule has 0 saturated carbocycles. The fourth-order valence-corrected chi connectivity index (χ4v) is 4.63. The number of anilines is 3. The highest BCUT2D eigenvalue weighted by Gasteiger charge is 2.23. The van der Waals surface area contributed by atoms with Gasteiger partial charge in [0, 0.05) is 65.4 Å². The number of rotatable bonds is 22. The normalized spacial score (nSPS) is 13.7. The number of nitrogen functional groups attached to an aromatic ring is 1. The smallest absolute Gasteiger partial charge is 0.152 e. The molecule has 1 aliphatic rings. The van der Waals surface area contributed by atoms with Gasteiger partial charge in [-0.1, -0.05) is 0 Å². The van der Waals surface area contributed by atoms with E-state index in [1.165, 1.54) is 0 Å². The van der Waals surface area contributed by atoms with Gasteiger partial charge in [-0.25, -0.2) is 4.98 Å². The molecule has 0 atom stereocenters. The minimum atomic E-state index is 0.113. The lowest BCUT2D eigenvalue weighted by molar-refractivity contribution is 0.159. The summed E-state index contributed by atoms with van der Waals surface area (Å²) in [6.07, 6.45) is 3.66. The summed E-state index contributed by atoms with van der Waals surface area (Å²) in [6.45, 7) is 11.6. The van der Waals surface area contributed by atoms with Crippen LogP contribution >= 0.6 is 0 Å². The number of aromatic nitrogens is 1. The third-order valence-corrected chi connectivity index (χ3v) is 6.59. The van der Waals surface area contributed by atoms with E-state index in [2.05, 4.69) is 35.2 Å². The largest absolute Gasteiger partial charge is 0.397 e. The predicted octanol–water partition coefficient (Wildman–Crippen LogP) is -2.18. The van der Waals surface area contributed by atoms with Crippen LogP contribution in [-0.4, -0.2) is 153 Å². The van der Waals surface area contributed by atoms with Gasteiger partial charge in [0.1, 0.15) is 0 Å². The predicted molar refractivity (Wildman–Crippen MR) is 149 cm³/mol. The highest BCUT2D eigenvalue weighted by Crippen LogP contribution is 2.31. The molecule has 12 heteroatoms. The number of fused-ring (bicyclic) bond motifs is 1. The highest BCUT2D eigenvalue weighted by atomic mass is 16.3. The molecule has 37 heavy (non-hydrogen) atoms. The molecule has 1 aliphatic heterocycles. The fourth-order valence-electron chi connectivity index (χ4n) is 4.63. The Kier molecular flexibility index (Phi) is 16.4. The van der Waals surface area contributed by atoms with Gasteiger partial charge < -0.3 is 46.6 Å². The van der Waals surface area contributed by atoms with E-state index in [1.54, 1.807) is 6.20 Å². The number of aliphatic hydroxyl groups excluding tert-OH is 4. The van der Waals surface area contributed by atoms with E-state index in [0.29, 0.717) is 31.9 Å². The lowest BCUT2D eigenvalue weighted by atomic mass is 10.2. The van der Waals surface area contributed by atoms with E-state index >= 15 is 0 Å². The zero-order valence-electron chi connectivity index (χ0n) is 22.4. The van der Waals surface area contributed by atoms with Gasteiger partial charge in [0.2, 0.25) is 0 Å². The van der Waals surface area contributed by atoms with Crippen LogP contribution < -0.4 is 26.2 Å². The third kappa shape index (κ3) is 12.1. The number of nitrogens with two attached hydrogens (primary N) is 1. The fraction of sp³-hybridized carbons (Fsp3) is 0.800. The Hall–Kier alpha value is -1.77.